The van der Waals surface area contributed by atoms with Crippen LogP contribution >= 0.6 is 0 Å². The van der Waals surface area contributed by atoms with Crippen molar-refractivity contribution in [1.29, 1.82) is 0 Å². The van der Waals surface area contributed by atoms with Gasteiger partial charge in [0.05, 0.1) is 12.3 Å². The first kappa shape index (κ1) is 14.5. The van der Waals surface area contributed by atoms with Crippen LogP contribution in [0.5, 0.6) is 0 Å². The van der Waals surface area contributed by atoms with E-state index >= 15 is 0 Å². The lowest BCUT2D eigenvalue weighted by atomic mass is 10.1. The molecule has 2 heterocycles. The molecule has 0 aromatic carbocycles. The maximum absolute atomic E-state index is 5.88. The van der Waals surface area contributed by atoms with E-state index in [1.165, 1.54) is 24.9 Å². The van der Waals surface area contributed by atoms with Crippen LogP contribution < -0.4 is 0 Å². The maximum atomic E-state index is 5.88. The number of ether oxygens (including phenoxy) is 1. The van der Waals surface area contributed by atoms with Gasteiger partial charge < -0.3 is 4.74 Å². The Kier molecular flexibility index (Phi) is 5.40. The van der Waals surface area contributed by atoms with E-state index < -0.39 is 0 Å². The Morgan fingerprint density at radius 2 is 2.32 bits per heavy atom. The molecule has 1 aliphatic rings. The number of piperidine rings is 1. The molecule has 0 bridgehead atoms. The second-order valence-electron chi connectivity index (χ2n) is 5.79. The smallest absolute Gasteiger partial charge is 0.0702 e. The summed E-state index contributed by atoms with van der Waals surface area (Å²) in [5, 5.41) is 4.41. The fraction of sp³-hybridized carbons (Fsp3) is 0.800. The Bertz CT molecular complexity index is 375. The van der Waals surface area contributed by atoms with Gasteiger partial charge in [-0.3, -0.25) is 9.58 Å². The second-order valence-corrected chi connectivity index (χ2v) is 5.79. The summed E-state index contributed by atoms with van der Waals surface area (Å²) >= 11 is 0. The molecule has 1 fully saturated rings. The Morgan fingerprint density at radius 3 is 3.00 bits per heavy atom. The molecule has 0 radical (unpaired) electrons. The highest BCUT2D eigenvalue weighted by Gasteiger charge is 2.20. The van der Waals surface area contributed by atoms with Crippen molar-refractivity contribution in [2.24, 2.45) is 0 Å². The van der Waals surface area contributed by atoms with Crippen LogP contribution in [-0.4, -0.2) is 40.5 Å². The first-order valence-electron chi connectivity index (χ1n) is 7.56. The molecule has 0 aliphatic carbocycles. The van der Waals surface area contributed by atoms with E-state index in [0.717, 1.165) is 26.1 Å². The quantitative estimate of drug-likeness (QED) is 0.792. The lowest BCUT2D eigenvalue weighted by Gasteiger charge is -2.32. The average Bonchev–Trinajstić information content (AvgIpc) is 2.85. The van der Waals surface area contributed by atoms with Crippen LogP contribution in [0.15, 0.2) is 12.4 Å². The number of likely N-dealkylation sites (tertiary alicyclic amines) is 1. The van der Waals surface area contributed by atoms with Gasteiger partial charge in [-0.15, -0.1) is 0 Å². The Balaban J connectivity index is 1.84. The molecule has 4 heteroatoms. The molecule has 0 amide bonds. The summed E-state index contributed by atoms with van der Waals surface area (Å²) in [6, 6.07) is 0.441. The predicted octanol–water partition coefficient (Wildman–Crippen LogP) is 2.86. The third kappa shape index (κ3) is 4.32. The minimum absolute atomic E-state index is 0.425. The minimum atomic E-state index is 0.425. The van der Waals surface area contributed by atoms with E-state index in [2.05, 4.69) is 37.0 Å². The van der Waals surface area contributed by atoms with Crippen molar-refractivity contribution < 1.29 is 4.74 Å². The fourth-order valence-electron chi connectivity index (χ4n) is 2.58. The third-order valence-corrected chi connectivity index (χ3v) is 3.61. The molecule has 1 aromatic heterocycles. The highest BCUT2D eigenvalue weighted by Crippen LogP contribution is 2.16. The zero-order valence-electron chi connectivity index (χ0n) is 12.5. The lowest BCUT2D eigenvalue weighted by Crippen LogP contribution is -2.39. The van der Waals surface area contributed by atoms with Gasteiger partial charge >= 0.3 is 0 Å². The molecule has 0 unspecified atom stereocenters. The predicted molar refractivity (Wildman–Crippen MR) is 77.2 cm³/mol. The molecule has 2 rings (SSSR count). The summed E-state index contributed by atoms with van der Waals surface area (Å²) in [7, 11) is 0. The zero-order valence-corrected chi connectivity index (χ0v) is 12.5. The van der Waals surface area contributed by atoms with Crippen molar-refractivity contribution in [2.75, 3.05) is 19.7 Å². The van der Waals surface area contributed by atoms with Gasteiger partial charge in [-0.2, -0.15) is 5.10 Å². The lowest BCUT2D eigenvalue weighted by molar-refractivity contribution is -0.00223. The van der Waals surface area contributed by atoms with Crippen LogP contribution in [0.1, 0.15) is 51.6 Å². The van der Waals surface area contributed by atoms with E-state index in [9.17, 15) is 0 Å². The van der Waals surface area contributed by atoms with Crippen molar-refractivity contribution >= 4 is 0 Å². The first-order valence-corrected chi connectivity index (χ1v) is 7.56. The van der Waals surface area contributed by atoms with Crippen molar-refractivity contribution in [3.63, 3.8) is 0 Å². The molecule has 0 N–H and O–H groups in total. The summed E-state index contributed by atoms with van der Waals surface area (Å²) in [6.07, 6.45) is 8.15. The van der Waals surface area contributed by atoms with E-state index in [4.69, 9.17) is 4.74 Å². The third-order valence-electron chi connectivity index (χ3n) is 3.61. The molecule has 108 valence electrons. The maximum Gasteiger partial charge on any atom is 0.0702 e. The summed E-state index contributed by atoms with van der Waals surface area (Å²) in [6.45, 7) is 10.6. The van der Waals surface area contributed by atoms with Crippen molar-refractivity contribution in [1.82, 2.24) is 14.7 Å². The standard InChI is InChI=1S/C15H27N3O/c1-4-8-19-15-6-5-7-17(12-15)10-14-9-16-18(11-14)13(2)3/h9,11,13,15H,4-8,10,12H2,1-3H3/t15-/m0/s1. The van der Waals surface area contributed by atoms with E-state index in [0.29, 0.717) is 12.1 Å². The molecule has 19 heavy (non-hydrogen) atoms. The number of hydrogen-bond donors (Lipinski definition) is 0. The number of hydrogen-bond acceptors (Lipinski definition) is 3. The molecule has 4 nitrogen and oxygen atoms in total. The molecule has 1 atom stereocenters. The fourth-order valence-corrected chi connectivity index (χ4v) is 2.58. The minimum Gasteiger partial charge on any atom is -0.377 e. The van der Waals surface area contributed by atoms with Crippen LogP contribution in [0.3, 0.4) is 0 Å². The van der Waals surface area contributed by atoms with Gasteiger partial charge in [-0.1, -0.05) is 6.92 Å². The normalized spacial score (nSPS) is 21.2. The monoisotopic (exact) mass is 265 g/mol. The molecule has 0 spiro atoms. The summed E-state index contributed by atoms with van der Waals surface area (Å²) < 4.78 is 7.91. The van der Waals surface area contributed by atoms with E-state index in [1.54, 1.807) is 0 Å². The van der Waals surface area contributed by atoms with Crippen molar-refractivity contribution in [3.8, 4) is 0 Å². The molecular formula is C15H27N3O. The van der Waals surface area contributed by atoms with Gasteiger partial charge in [-0.25, -0.2) is 0 Å². The molecule has 1 saturated heterocycles. The first-order chi connectivity index (χ1) is 9.19. The second kappa shape index (κ2) is 7.06. The molecule has 1 aliphatic heterocycles. The van der Waals surface area contributed by atoms with Crippen molar-refractivity contribution in [3.05, 3.63) is 18.0 Å². The van der Waals surface area contributed by atoms with Crippen LogP contribution in [0.2, 0.25) is 0 Å². The Morgan fingerprint density at radius 1 is 1.47 bits per heavy atom. The number of nitrogens with zero attached hydrogens (tertiary/aromatic N) is 3. The Labute approximate surface area is 116 Å². The number of rotatable bonds is 6. The largest absolute Gasteiger partial charge is 0.377 e. The summed E-state index contributed by atoms with van der Waals surface area (Å²) in [4.78, 5) is 2.49. The van der Waals surface area contributed by atoms with Crippen LogP contribution in [-0.2, 0) is 11.3 Å². The summed E-state index contributed by atoms with van der Waals surface area (Å²) in [5.74, 6) is 0. The van der Waals surface area contributed by atoms with E-state index in [1.807, 2.05) is 10.9 Å². The van der Waals surface area contributed by atoms with Crippen LogP contribution in [0.25, 0.3) is 0 Å². The highest BCUT2D eigenvalue weighted by molar-refractivity contribution is 5.04. The molecule has 0 saturated carbocycles. The molecular weight excluding hydrogens is 238 g/mol. The number of aromatic nitrogens is 2. The van der Waals surface area contributed by atoms with Crippen LogP contribution in [0.4, 0.5) is 0 Å². The molecule has 1 aromatic rings. The van der Waals surface area contributed by atoms with Crippen molar-refractivity contribution in [2.45, 2.75) is 58.7 Å². The summed E-state index contributed by atoms with van der Waals surface area (Å²) in [5.41, 5.74) is 1.31. The van der Waals surface area contributed by atoms with Gasteiger partial charge in [0.2, 0.25) is 0 Å². The van der Waals surface area contributed by atoms with Gasteiger partial charge in [0.1, 0.15) is 0 Å². The topological polar surface area (TPSA) is 30.3 Å². The van der Waals surface area contributed by atoms with Gasteiger partial charge in [-0.05, 0) is 39.7 Å². The van der Waals surface area contributed by atoms with Gasteiger partial charge in [0, 0.05) is 37.5 Å². The zero-order chi connectivity index (χ0) is 13.7. The van der Waals surface area contributed by atoms with Gasteiger partial charge in [0.25, 0.3) is 0 Å². The van der Waals surface area contributed by atoms with Gasteiger partial charge in [0.15, 0.2) is 0 Å². The highest BCUT2D eigenvalue weighted by atomic mass is 16.5. The van der Waals surface area contributed by atoms with Crippen LogP contribution in [0, 0.1) is 0 Å². The average molecular weight is 265 g/mol. The Hall–Kier alpha value is -0.870. The SMILES string of the molecule is CCCO[C@H]1CCCN(Cc2cnn(C(C)C)c2)C1. The van der Waals surface area contributed by atoms with E-state index in [-0.39, 0.29) is 0 Å².